The van der Waals surface area contributed by atoms with Crippen LogP contribution < -0.4 is 5.32 Å². The van der Waals surface area contributed by atoms with E-state index in [-0.39, 0.29) is 0 Å². The van der Waals surface area contributed by atoms with Gasteiger partial charge in [0.2, 0.25) is 0 Å². The highest BCUT2D eigenvalue weighted by molar-refractivity contribution is 5.28. The predicted molar refractivity (Wildman–Crippen MR) is 56.5 cm³/mol. The van der Waals surface area contributed by atoms with Crippen LogP contribution in [0, 0.1) is 11.8 Å². The van der Waals surface area contributed by atoms with Gasteiger partial charge in [0.1, 0.15) is 0 Å². The molecule has 13 heavy (non-hydrogen) atoms. The molecule has 2 atom stereocenters. The molecular weight excluding hydrogens is 158 g/mol. The molecule has 2 rings (SSSR count). The summed E-state index contributed by atoms with van der Waals surface area (Å²) in [6, 6.07) is 0. The molecule has 2 aliphatic rings. The monoisotopic (exact) mass is 175 g/mol. The summed E-state index contributed by atoms with van der Waals surface area (Å²) in [5.74, 6) is 1.41. The molecule has 2 aliphatic carbocycles. The summed E-state index contributed by atoms with van der Waals surface area (Å²) in [6.45, 7) is 1.10. The fourth-order valence-electron chi connectivity index (χ4n) is 2.18. The van der Waals surface area contributed by atoms with Gasteiger partial charge < -0.3 is 5.32 Å². The summed E-state index contributed by atoms with van der Waals surface area (Å²) < 4.78 is 0. The van der Waals surface area contributed by atoms with Gasteiger partial charge in [-0.15, -0.1) is 0 Å². The largest absolute Gasteiger partial charge is 0.319 e. The fourth-order valence-corrected chi connectivity index (χ4v) is 2.18. The molecule has 1 N–H and O–H groups in total. The van der Waals surface area contributed by atoms with Crippen LogP contribution in [0.4, 0.5) is 0 Å². The standard InChI is InChI=1S/C12H17N/c1-13-9-10-6-7-11-4-2-3-5-12(11)8-10/h2-3,5-7,10-11,13H,4,8-9H2,1H3. The van der Waals surface area contributed by atoms with Gasteiger partial charge in [0.25, 0.3) is 0 Å². The van der Waals surface area contributed by atoms with Crippen molar-refractivity contribution in [1.82, 2.24) is 5.32 Å². The molecule has 0 aromatic heterocycles. The van der Waals surface area contributed by atoms with Crippen molar-refractivity contribution in [2.75, 3.05) is 13.6 Å². The number of nitrogens with one attached hydrogen (secondary N) is 1. The zero-order chi connectivity index (χ0) is 9.10. The molecular formula is C12H17N. The zero-order valence-electron chi connectivity index (χ0n) is 8.16. The lowest BCUT2D eigenvalue weighted by atomic mass is 9.80. The number of allylic oxidation sites excluding steroid dienone is 5. The average Bonchev–Trinajstić information content (AvgIpc) is 2.18. The lowest BCUT2D eigenvalue weighted by molar-refractivity contribution is 0.533. The first-order valence-electron chi connectivity index (χ1n) is 5.08. The van der Waals surface area contributed by atoms with E-state index in [2.05, 4.69) is 35.7 Å². The highest BCUT2D eigenvalue weighted by Gasteiger charge is 2.19. The quantitative estimate of drug-likeness (QED) is 0.635. The van der Waals surface area contributed by atoms with E-state index in [1.807, 2.05) is 7.05 Å². The van der Waals surface area contributed by atoms with E-state index in [0.29, 0.717) is 11.8 Å². The highest BCUT2D eigenvalue weighted by Crippen LogP contribution is 2.32. The van der Waals surface area contributed by atoms with E-state index < -0.39 is 0 Å². The van der Waals surface area contributed by atoms with Gasteiger partial charge in [0, 0.05) is 12.5 Å². The minimum Gasteiger partial charge on any atom is -0.319 e. The van der Waals surface area contributed by atoms with Crippen LogP contribution >= 0.6 is 0 Å². The van der Waals surface area contributed by atoms with Crippen molar-refractivity contribution in [3.63, 3.8) is 0 Å². The van der Waals surface area contributed by atoms with E-state index in [0.717, 1.165) is 6.54 Å². The van der Waals surface area contributed by atoms with Gasteiger partial charge in [-0.2, -0.15) is 0 Å². The first kappa shape index (κ1) is 8.76. The topological polar surface area (TPSA) is 12.0 Å². The Balaban J connectivity index is 2.07. The minimum atomic E-state index is 0.707. The maximum atomic E-state index is 3.24. The van der Waals surface area contributed by atoms with E-state index in [1.165, 1.54) is 12.8 Å². The number of hydrogen-bond acceptors (Lipinski definition) is 1. The van der Waals surface area contributed by atoms with E-state index in [9.17, 15) is 0 Å². The second-order valence-corrected chi connectivity index (χ2v) is 3.92. The molecule has 0 bridgehead atoms. The van der Waals surface area contributed by atoms with Crippen LogP contribution in [0.25, 0.3) is 0 Å². The van der Waals surface area contributed by atoms with Gasteiger partial charge in [-0.3, -0.25) is 0 Å². The van der Waals surface area contributed by atoms with Crippen LogP contribution in [0.2, 0.25) is 0 Å². The maximum Gasteiger partial charge on any atom is 0.00148 e. The molecule has 0 saturated carbocycles. The fraction of sp³-hybridized carbons (Fsp3) is 0.500. The molecule has 0 fully saturated rings. The molecule has 1 nitrogen and oxygen atoms in total. The van der Waals surface area contributed by atoms with Crippen LogP contribution in [-0.2, 0) is 0 Å². The van der Waals surface area contributed by atoms with E-state index in [1.54, 1.807) is 5.57 Å². The van der Waals surface area contributed by atoms with Crippen LogP contribution in [0.1, 0.15) is 12.8 Å². The summed E-state index contributed by atoms with van der Waals surface area (Å²) in [5, 5.41) is 3.24. The van der Waals surface area contributed by atoms with Crippen molar-refractivity contribution in [1.29, 1.82) is 0 Å². The second-order valence-electron chi connectivity index (χ2n) is 3.92. The van der Waals surface area contributed by atoms with Gasteiger partial charge in [-0.25, -0.2) is 0 Å². The first-order chi connectivity index (χ1) is 6.40. The second kappa shape index (κ2) is 3.93. The minimum absolute atomic E-state index is 0.707. The van der Waals surface area contributed by atoms with Crippen molar-refractivity contribution >= 4 is 0 Å². The Bertz CT molecular complexity index is 260. The highest BCUT2D eigenvalue weighted by atomic mass is 14.8. The Kier molecular flexibility index (Phi) is 2.65. The SMILES string of the molecule is CNCC1C=CC2CC=CC=C2C1. The summed E-state index contributed by atoms with van der Waals surface area (Å²) in [6.07, 6.45) is 13.9. The van der Waals surface area contributed by atoms with Crippen molar-refractivity contribution in [2.24, 2.45) is 11.8 Å². The van der Waals surface area contributed by atoms with Crippen LogP contribution in [0.3, 0.4) is 0 Å². The van der Waals surface area contributed by atoms with Gasteiger partial charge in [0.15, 0.2) is 0 Å². The molecule has 0 radical (unpaired) electrons. The smallest absolute Gasteiger partial charge is 0.00148 e. The number of fused-ring (bicyclic) bond motifs is 1. The van der Waals surface area contributed by atoms with Crippen LogP contribution in [-0.4, -0.2) is 13.6 Å². The lowest BCUT2D eigenvalue weighted by Crippen LogP contribution is -2.22. The van der Waals surface area contributed by atoms with Gasteiger partial charge in [-0.1, -0.05) is 36.0 Å². The lowest BCUT2D eigenvalue weighted by Gasteiger charge is -2.26. The maximum absolute atomic E-state index is 3.24. The average molecular weight is 175 g/mol. The molecule has 0 spiro atoms. The normalized spacial score (nSPS) is 31.3. The van der Waals surface area contributed by atoms with Crippen molar-refractivity contribution < 1.29 is 0 Å². The first-order valence-corrected chi connectivity index (χ1v) is 5.08. The van der Waals surface area contributed by atoms with Crippen LogP contribution in [0.5, 0.6) is 0 Å². The molecule has 1 heteroatoms. The summed E-state index contributed by atoms with van der Waals surface area (Å²) in [7, 11) is 2.02. The molecule has 0 aromatic rings. The third kappa shape index (κ3) is 1.92. The zero-order valence-corrected chi connectivity index (χ0v) is 8.16. The Morgan fingerprint density at radius 3 is 3.23 bits per heavy atom. The molecule has 2 unspecified atom stereocenters. The van der Waals surface area contributed by atoms with E-state index in [4.69, 9.17) is 0 Å². The van der Waals surface area contributed by atoms with Crippen LogP contribution in [0.15, 0.2) is 36.0 Å². The van der Waals surface area contributed by atoms with Crippen molar-refractivity contribution in [2.45, 2.75) is 12.8 Å². The molecule has 0 saturated heterocycles. The predicted octanol–water partition coefficient (Wildman–Crippen LogP) is 2.28. The molecule has 0 aliphatic heterocycles. The Morgan fingerprint density at radius 2 is 2.38 bits per heavy atom. The van der Waals surface area contributed by atoms with E-state index >= 15 is 0 Å². The van der Waals surface area contributed by atoms with Gasteiger partial charge >= 0.3 is 0 Å². The van der Waals surface area contributed by atoms with Crippen molar-refractivity contribution in [3.05, 3.63) is 36.0 Å². The third-order valence-electron chi connectivity index (χ3n) is 2.89. The third-order valence-corrected chi connectivity index (χ3v) is 2.89. The summed E-state index contributed by atoms with van der Waals surface area (Å²) >= 11 is 0. The number of rotatable bonds is 2. The summed E-state index contributed by atoms with van der Waals surface area (Å²) in [4.78, 5) is 0. The van der Waals surface area contributed by atoms with Crippen molar-refractivity contribution in [3.8, 4) is 0 Å². The van der Waals surface area contributed by atoms with Gasteiger partial charge in [-0.05, 0) is 25.8 Å². The Morgan fingerprint density at radius 1 is 1.46 bits per heavy atom. The number of hydrogen-bond donors (Lipinski definition) is 1. The Labute approximate surface area is 80.2 Å². The molecule has 0 amide bonds. The summed E-state index contributed by atoms with van der Waals surface area (Å²) in [5.41, 5.74) is 1.62. The molecule has 0 heterocycles. The molecule has 70 valence electrons. The van der Waals surface area contributed by atoms with Gasteiger partial charge in [0.05, 0.1) is 0 Å². The Hall–Kier alpha value is -0.820. The molecule has 0 aromatic carbocycles.